The van der Waals surface area contributed by atoms with Crippen LogP contribution in [-0.2, 0) is 17.6 Å². The number of hydrogen-bond acceptors (Lipinski definition) is 7. The molecule has 3 rings (SSSR count). The zero-order valence-electron chi connectivity index (χ0n) is 16.3. The summed E-state index contributed by atoms with van der Waals surface area (Å²) in [6, 6.07) is 5.01. The smallest absolute Gasteiger partial charge is 0.348 e. The number of benzene rings is 1. The molecule has 6 nitrogen and oxygen atoms in total. The van der Waals surface area contributed by atoms with Crippen molar-refractivity contribution < 1.29 is 28.5 Å². The Bertz CT molecular complexity index is 821. The van der Waals surface area contributed by atoms with E-state index in [1.165, 1.54) is 49.5 Å². The zero-order valence-corrected chi connectivity index (χ0v) is 17.1. The Kier molecular flexibility index (Phi) is 6.57. The molecule has 1 heterocycles. The van der Waals surface area contributed by atoms with Crippen LogP contribution in [0.2, 0.25) is 0 Å². The zero-order chi connectivity index (χ0) is 20.1. The number of hydrogen-bond donors (Lipinski definition) is 0. The molecule has 0 saturated heterocycles. The van der Waals surface area contributed by atoms with Crippen molar-refractivity contribution in [1.29, 1.82) is 0 Å². The second kappa shape index (κ2) is 9.10. The van der Waals surface area contributed by atoms with Gasteiger partial charge in [-0.15, -0.1) is 11.3 Å². The average molecular weight is 404 g/mol. The van der Waals surface area contributed by atoms with Crippen LogP contribution in [0.25, 0.3) is 0 Å². The third-order valence-electron chi connectivity index (χ3n) is 4.77. The van der Waals surface area contributed by atoms with E-state index in [1.54, 1.807) is 12.1 Å². The third-order valence-corrected chi connectivity index (χ3v) is 5.99. The SMILES string of the molecule is COc1cc(C(=O)COC(=O)c2cc3c(s2)CCCCC3)cc(OC)c1OC. The Balaban J connectivity index is 1.69. The molecule has 0 amide bonds. The lowest BCUT2D eigenvalue weighted by atomic mass is 10.1. The minimum absolute atomic E-state index is 0.323. The molecule has 1 aromatic heterocycles. The summed E-state index contributed by atoms with van der Waals surface area (Å²) in [6.45, 7) is -0.347. The summed E-state index contributed by atoms with van der Waals surface area (Å²) in [5, 5.41) is 0. The van der Waals surface area contributed by atoms with E-state index < -0.39 is 5.97 Å². The molecule has 0 fully saturated rings. The molecule has 150 valence electrons. The monoisotopic (exact) mass is 404 g/mol. The van der Waals surface area contributed by atoms with E-state index >= 15 is 0 Å². The Morgan fingerprint density at radius 3 is 2.25 bits per heavy atom. The number of fused-ring (bicyclic) bond motifs is 1. The van der Waals surface area contributed by atoms with Crippen LogP contribution in [0.1, 0.15) is 49.7 Å². The van der Waals surface area contributed by atoms with Crippen LogP contribution in [-0.4, -0.2) is 39.7 Å². The highest BCUT2D eigenvalue weighted by atomic mass is 32.1. The summed E-state index contributed by atoms with van der Waals surface area (Å²) >= 11 is 1.48. The van der Waals surface area contributed by atoms with E-state index in [9.17, 15) is 9.59 Å². The summed E-state index contributed by atoms with van der Waals surface area (Å²) in [5.74, 6) is 0.347. The Labute approximate surface area is 168 Å². The molecule has 0 bridgehead atoms. The summed E-state index contributed by atoms with van der Waals surface area (Å²) < 4.78 is 21.0. The molecule has 0 unspecified atom stereocenters. The number of aryl methyl sites for hydroxylation is 2. The van der Waals surface area contributed by atoms with Crippen LogP contribution >= 0.6 is 11.3 Å². The first-order valence-corrected chi connectivity index (χ1v) is 10.0. The minimum atomic E-state index is -0.459. The van der Waals surface area contributed by atoms with Gasteiger partial charge >= 0.3 is 5.97 Å². The van der Waals surface area contributed by atoms with E-state index in [-0.39, 0.29) is 12.4 Å². The van der Waals surface area contributed by atoms with Gasteiger partial charge in [-0.3, -0.25) is 4.79 Å². The molecule has 0 N–H and O–H groups in total. The molecule has 0 spiro atoms. The molecule has 28 heavy (non-hydrogen) atoms. The fourth-order valence-electron chi connectivity index (χ4n) is 3.30. The van der Waals surface area contributed by atoms with Gasteiger partial charge in [0.15, 0.2) is 18.1 Å². The highest BCUT2D eigenvalue weighted by Crippen LogP contribution is 2.38. The minimum Gasteiger partial charge on any atom is -0.493 e. The Morgan fingerprint density at radius 1 is 0.929 bits per heavy atom. The van der Waals surface area contributed by atoms with Gasteiger partial charge in [-0.05, 0) is 49.4 Å². The van der Waals surface area contributed by atoms with Gasteiger partial charge in [-0.25, -0.2) is 4.79 Å². The van der Waals surface area contributed by atoms with E-state index in [1.807, 2.05) is 6.07 Å². The Hall–Kier alpha value is -2.54. The van der Waals surface area contributed by atoms with E-state index in [2.05, 4.69) is 0 Å². The maximum atomic E-state index is 12.5. The van der Waals surface area contributed by atoms with Crippen LogP contribution < -0.4 is 14.2 Å². The molecule has 0 atom stereocenters. The van der Waals surface area contributed by atoms with Gasteiger partial charge in [0.2, 0.25) is 11.5 Å². The summed E-state index contributed by atoms with van der Waals surface area (Å²) in [4.78, 5) is 26.8. The second-order valence-corrected chi connectivity index (χ2v) is 7.67. The number of rotatable bonds is 7. The lowest BCUT2D eigenvalue weighted by molar-refractivity contribution is 0.0479. The van der Waals surface area contributed by atoms with Crippen LogP contribution in [0.15, 0.2) is 18.2 Å². The molecule has 1 aliphatic carbocycles. The number of Topliss-reactive ketones (excluding diaryl/α,β-unsaturated/α-hetero) is 1. The number of esters is 1. The first kappa shape index (κ1) is 20.2. The van der Waals surface area contributed by atoms with Crippen molar-refractivity contribution in [2.75, 3.05) is 27.9 Å². The van der Waals surface area contributed by atoms with Gasteiger partial charge in [0.05, 0.1) is 21.3 Å². The molecular formula is C21H24O6S. The fraction of sp³-hybridized carbons (Fsp3) is 0.429. The molecule has 7 heteroatoms. The number of ketones is 1. The lowest BCUT2D eigenvalue weighted by Gasteiger charge is -2.13. The molecule has 0 aliphatic heterocycles. The highest BCUT2D eigenvalue weighted by molar-refractivity contribution is 7.14. The molecule has 1 aromatic carbocycles. The van der Waals surface area contributed by atoms with E-state index in [4.69, 9.17) is 18.9 Å². The normalized spacial score (nSPS) is 13.2. The molecule has 0 saturated carbocycles. The Morgan fingerprint density at radius 2 is 1.61 bits per heavy atom. The van der Waals surface area contributed by atoms with Gasteiger partial charge in [-0.1, -0.05) is 6.42 Å². The van der Waals surface area contributed by atoms with Crippen LogP contribution in [0.4, 0.5) is 0 Å². The average Bonchev–Trinajstić information content (AvgIpc) is 3.00. The van der Waals surface area contributed by atoms with Gasteiger partial charge in [0.25, 0.3) is 0 Å². The molecule has 0 radical (unpaired) electrons. The summed E-state index contributed by atoms with van der Waals surface area (Å²) in [6.07, 6.45) is 5.55. The quantitative estimate of drug-likeness (QED) is 0.393. The fourth-order valence-corrected chi connectivity index (χ4v) is 4.44. The predicted molar refractivity (Wildman–Crippen MR) is 106 cm³/mol. The highest BCUT2D eigenvalue weighted by Gasteiger charge is 2.20. The largest absolute Gasteiger partial charge is 0.493 e. The topological polar surface area (TPSA) is 71.1 Å². The number of methoxy groups -OCH3 is 3. The van der Waals surface area contributed by atoms with Gasteiger partial charge < -0.3 is 18.9 Å². The first-order chi connectivity index (χ1) is 13.6. The van der Waals surface area contributed by atoms with Crippen molar-refractivity contribution >= 4 is 23.1 Å². The van der Waals surface area contributed by atoms with E-state index in [0.29, 0.717) is 27.7 Å². The van der Waals surface area contributed by atoms with Crippen LogP contribution in [0.3, 0.4) is 0 Å². The maximum absolute atomic E-state index is 12.5. The van der Waals surface area contributed by atoms with Crippen molar-refractivity contribution in [3.63, 3.8) is 0 Å². The standard InChI is InChI=1S/C21H24O6S/c1-24-16-9-14(10-17(25-2)20(16)26-3)15(22)12-27-21(23)19-11-13-7-5-4-6-8-18(13)28-19/h9-11H,4-8,12H2,1-3H3. The third kappa shape index (κ3) is 4.30. The van der Waals surface area contributed by atoms with Crippen molar-refractivity contribution in [3.05, 3.63) is 39.1 Å². The maximum Gasteiger partial charge on any atom is 0.348 e. The van der Waals surface area contributed by atoms with Crippen molar-refractivity contribution in [1.82, 2.24) is 0 Å². The molecular weight excluding hydrogens is 380 g/mol. The van der Waals surface area contributed by atoms with Gasteiger partial charge in [0.1, 0.15) is 4.88 Å². The number of carbonyl (C=O) groups is 2. The van der Waals surface area contributed by atoms with Gasteiger partial charge in [0, 0.05) is 10.4 Å². The van der Waals surface area contributed by atoms with E-state index in [0.717, 1.165) is 25.7 Å². The molecule has 1 aliphatic rings. The van der Waals surface area contributed by atoms with Crippen LogP contribution in [0.5, 0.6) is 17.2 Å². The first-order valence-electron chi connectivity index (χ1n) is 9.19. The van der Waals surface area contributed by atoms with Gasteiger partial charge in [-0.2, -0.15) is 0 Å². The van der Waals surface area contributed by atoms with Crippen molar-refractivity contribution in [2.45, 2.75) is 32.1 Å². The second-order valence-electron chi connectivity index (χ2n) is 6.53. The summed E-state index contributed by atoms with van der Waals surface area (Å²) in [5.41, 5.74) is 1.56. The van der Waals surface area contributed by atoms with Crippen LogP contribution in [0, 0.1) is 0 Å². The van der Waals surface area contributed by atoms with Crippen molar-refractivity contribution in [3.8, 4) is 17.2 Å². The number of thiophene rings is 1. The number of ether oxygens (including phenoxy) is 4. The lowest BCUT2D eigenvalue weighted by Crippen LogP contribution is -2.14. The predicted octanol–water partition coefficient (Wildman–Crippen LogP) is 4.08. The summed E-state index contributed by atoms with van der Waals surface area (Å²) in [7, 11) is 4.45. The van der Waals surface area contributed by atoms with Crippen molar-refractivity contribution in [2.24, 2.45) is 0 Å². The molecule has 2 aromatic rings. The number of carbonyl (C=O) groups excluding carboxylic acids is 2.